The van der Waals surface area contributed by atoms with E-state index in [9.17, 15) is 18.0 Å². The number of carbonyl (C=O) groups excluding carboxylic acids is 1. The van der Waals surface area contributed by atoms with Crippen molar-refractivity contribution in [2.24, 2.45) is 5.92 Å². The third-order valence-electron chi connectivity index (χ3n) is 5.49. The number of carbonyl (C=O) groups is 1. The number of nitrogens with one attached hydrogen (secondary N) is 1. The van der Waals surface area contributed by atoms with E-state index in [1.54, 1.807) is 30.6 Å². The monoisotopic (exact) mass is 429 g/mol. The highest BCUT2D eigenvalue weighted by molar-refractivity contribution is 6.04. The fourth-order valence-corrected chi connectivity index (χ4v) is 3.65. The molecule has 0 unspecified atom stereocenters. The van der Waals surface area contributed by atoms with Gasteiger partial charge in [-0.25, -0.2) is 0 Å². The van der Waals surface area contributed by atoms with Crippen LogP contribution in [0.15, 0.2) is 59.3 Å². The molecule has 0 saturated carbocycles. The highest BCUT2D eigenvalue weighted by Crippen LogP contribution is 2.37. The third-order valence-corrected chi connectivity index (χ3v) is 5.49. The summed E-state index contributed by atoms with van der Waals surface area (Å²) in [5.41, 5.74) is 0.635. The fraction of sp³-hybridized carbons (Fsp3) is 0.304. The van der Waals surface area contributed by atoms with Crippen LogP contribution in [0.4, 0.5) is 24.5 Å². The minimum atomic E-state index is -4.51. The average Bonchev–Trinajstić information content (AvgIpc) is 3.25. The summed E-state index contributed by atoms with van der Waals surface area (Å²) in [7, 11) is 0. The molecule has 5 nitrogen and oxygen atoms in total. The van der Waals surface area contributed by atoms with Gasteiger partial charge in [0, 0.05) is 31.0 Å². The molecular formula is C23H22F3N3O2. The number of nitrogens with zero attached hydrogens (tertiary/aromatic N) is 2. The SMILES string of the molecule is CC1CCN(c2ccc(C(F)(F)F)cc2NC(=O)c2ccc(-c3ccncc3)o2)CC1. The molecule has 162 valence electrons. The Morgan fingerprint density at radius 3 is 2.48 bits per heavy atom. The molecule has 2 aromatic heterocycles. The molecule has 1 aliphatic rings. The van der Waals surface area contributed by atoms with Gasteiger partial charge in [-0.3, -0.25) is 9.78 Å². The van der Waals surface area contributed by atoms with E-state index in [0.29, 0.717) is 17.4 Å². The second-order valence-corrected chi connectivity index (χ2v) is 7.75. The smallest absolute Gasteiger partial charge is 0.416 e. The molecule has 3 aromatic rings. The van der Waals surface area contributed by atoms with Crippen LogP contribution in [-0.4, -0.2) is 24.0 Å². The lowest BCUT2D eigenvalue weighted by molar-refractivity contribution is -0.137. The van der Waals surface area contributed by atoms with Crippen molar-refractivity contribution in [1.82, 2.24) is 4.98 Å². The normalized spacial score (nSPS) is 15.2. The predicted octanol–water partition coefficient (Wildman–Crippen LogP) is 5.85. The molecule has 0 bridgehead atoms. The summed E-state index contributed by atoms with van der Waals surface area (Å²) in [5, 5.41) is 2.63. The molecule has 1 N–H and O–H groups in total. The van der Waals surface area contributed by atoms with Crippen molar-refractivity contribution in [1.29, 1.82) is 0 Å². The van der Waals surface area contributed by atoms with Crippen LogP contribution in [0.1, 0.15) is 35.9 Å². The molecule has 3 heterocycles. The molecule has 0 atom stereocenters. The highest BCUT2D eigenvalue weighted by Gasteiger charge is 2.32. The Morgan fingerprint density at radius 2 is 1.81 bits per heavy atom. The maximum Gasteiger partial charge on any atom is 0.416 e. The maximum atomic E-state index is 13.3. The molecule has 31 heavy (non-hydrogen) atoms. The topological polar surface area (TPSA) is 58.4 Å². The second kappa shape index (κ2) is 8.45. The molecule has 1 aromatic carbocycles. The van der Waals surface area contributed by atoms with Crippen LogP contribution in [-0.2, 0) is 6.18 Å². The van der Waals surface area contributed by atoms with E-state index in [1.807, 2.05) is 4.90 Å². The van der Waals surface area contributed by atoms with Gasteiger partial charge < -0.3 is 14.6 Å². The van der Waals surface area contributed by atoms with Crippen molar-refractivity contribution < 1.29 is 22.4 Å². The number of halogens is 3. The number of aromatic nitrogens is 1. The van der Waals surface area contributed by atoms with Crippen LogP contribution in [0, 0.1) is 5.92 Å². The number of alkyl halides is 3. The van der Waals surface area contributed by atoms with Gasteiger partial charge >= 0.3 is 6.18 Å². The summed E-state index contributed by atoms with van der Waals surface area (Å²) in [5.74, 6) is 0.453. The van der Waals surface area contributed by atoms with Crippen LogP contribution in [0.5, 0.6) is 0 Å². The van der Waals surface area contributed by atoms with E-state index in [-0.39, 0.29) is 11.4 Å². The summed E-state index contributed by atoms with van der Waals surface area (Å²) >= 11 is 0. The van der Waals surface area contributed by atoms with Crippen LogP contribution >= 0.6 is 0 Å². The summed E-state index contributed by atoms with van der Waals surface area (Å²) in [6.45, 7) is 3.61. The summed E-state index contributed by atoms with van der Waals surface area (Å²) in [6.07, 6.45) is 0.593. The summed E-state index contributed by atoms with van der Waals surface area (Å²) in [4.78, 5) is 18.7. The van der Waals surface area contributed by atoms with Crippen LogP contribution in [0.25, 0.3) is 11.3 Å². The van der Waals surface area contributed by atoms with Crippen LogP contribution in [0.3, 0.4) is 0 Å². The van der Waals surface area contributed by atoms with Crippen molar-refractivity contribution in [3.05, 3.63) is 66.2 Å². The van der Waals surface area contributed by atoms with Gasteiger partial charge in [0.2, 0.25) is 0 Å². The minimum Gasteiger partial charge on any atom is -0.451 e. The van der Waals surface area contributed by atoms with Gasteiger partial charge in [-0.2, -0.15) is 13.2 Å². The van der Waals surface area contributed by atoms with Crippen molar-refractivity contribution in [3.8, 4) is 11.3 Å². The van der Waals surface area contributed by atoms with Gasteiger partial charge in [0.15, 0.2) is 5.76 Å². The maximum absolute atomic E-state index is 13.3. The van der Waals surface area contributed by atoms with Gasteiger partial charge in [0.05, 0.1) is 16.9 Å². The first-order valence-corrected chi connectivity index (χ1v) is 10.1. The van der Waals surface area contributed by atoms with Crippen molar-refractivity contribution in [3.63, 3.8) is 0 Å². The molecule has 4 rings (SSSR count). The van der Waals surface area contributed by atoms with Gasteiger partial charge in [-0.05, 0) is 61.2 Å². The Morgan fingerprint density at radius 1 is 1.10 bits per heavy atom. The molecule has 1 amide bonds. The number of hydrogen-bond acceptors (Lipinski definition) is 4. The van der Waals surface area contributed by atoms with E-state index in [1.165, 1.54) is 12.1 Å². The first-order valence-electron chi connectivity index (χ1n) is 10.1. The average molecular weight is 429 g/mol. The van der Waals surface area contributed by atoms with E-state index in [4.69, 9.17) is 4.42 Å². The van der Waals surface area contributed by atoms with E-state index < -0.39 is 17.6 Å². The number of anilines is 2. The lowest BCUT2D eigenvalue weighted by Crippen LogP contribution is -2.33. The molecular weight excluding hydrogens is 407 g/mol. The molecule has 0 aliphatic carbocycles. The van der Waals surface area contributed by atoms with Crippen molar-refractivity contribution >= 4 is 17.3 Å². The Bertz CT molecular complexity index is 1060. The van der Waals surface area contributed by atoms with Gasteiger partial charge in [-0.15, -0.1) is 0 Å². The molecule has 8 heteroatoms. The Hall–Kier alpha value is -3.29. The molecule has 0 spiro atoms. The molecule has 1 saturated heterocycles. The number of furan rings is 1. The zero-order valence-corrected chi connectivity index (χ0v) is 16.9. The first-order chi connectivity index (χ1) is 14.8. The van der Waals surface area contributed by atoms with Crippen LogP contribution in [0.2, 0.25) is 0 Å². The second-order valence-electron chi connectivity index (χ2n) is 7.75. The van der Waals surface area contributed by atoms with E-state index >= 15 is 0 Å². The lowest BCUT2D eigenvalue weighted by atomic mass is 9.98. The van der Waals surface area contributed by atoms with E-state index in [2.05, 4.69) is 17.2 Å². The zero-order chi connectivity index (χ0) is 22.0. The van der Waals surface area contributed by atoms with Crippen LogP contribution < -0.4 is 10.2 Å². The fourth-order valence-electron chi connectivity index (χ4n) is 3.65. The number of pyridine rings is 1. The predicted molar refractivity (Wildman–Crippen MR) is 112 cm³/mol. The molecule has 0 radical (unpaired) electrons. The molecule has 1 fully saturated rings. The van der Waals surface area contributed by atoms with Gasteiger partial charge in [0.1, 0.15) is 5.76 Å². The number of piperidine rings is 1. The van der Waals surface area contributed by atoms with E-state index in [0.717, 1.165) is 43.6 Å². The Kier molecular flexibility index (Phi) is 5.71. The summed E-state index contributed by atoms with van der Waals surface area (Å²) < 4.78 is 45.5. The first kappa shape index (κ1) is 21.0. The van der Waals surface area contributed by atoms with Gasteiger partial charge in [0.25, 0.3) is 5.91 Å². The third kappa shape index (κ3) is 4.73. The highest BCUT2D eigenvalue weighted by atomic mass is 19.4. The minimum absolute atomic E-state index is 0.0161. The quantitative estimate of drug-likeness (QED) is 0.565. The Balaban J connectivity index is 1.61. The molecule has 1 aliphatic heterocycles. The number of benzene rings is 1. The van der Waals surface area contributed by atoms with Crippen molar-refractivity contribution in [2.45, 2.75) is 25.9 Å². The zero-order valence-electron chi connectivity index (χ0n) is 16.9. The largest absolute Gasteiger partial charge is 0.451 e. The Labute approximate surface area is 177 Å². The van der Waals surface area contributed by atoms with Gasteiger partial charge in [-0.1, -0.05) is 6.92 Å². The summed E-state index contributed by atoms with van der Waals surface area (Å²) in [6, 6.07) is 10.1. The number of rotatable bonds is 4. The number of amides is 1. The number of hydrogen-bond donors (Lipinski definition) is 1. The van der Waals surface area contributed by atoms with Crippen molar-refractivity contribution in [2.75, 3.05) is 23.3 Å². The standard InChI is InChI=1S/C23H22F3N3O2/c1-15-8-12-29(13-9-15)19-3-2-17(23(24,25)26)14-18(19)28-22(30)21-5-4-20(31-21)16-6-10-27-11-7-16/h2-7,10-11,14-15H,8-9,12-13H2,1H3,(H,28,30). The lowest BCUT2D eigenvalue weighted by Gasteiger charge is -2.33.